The van der Waals surface area contributed by atoms with Gasteiger partial charge in [-0.25, -0.2) is 8.78 Å². The Labute approximate surface area is 123 Å². The van der Waals surface area contributed by atoms with E-state index >= 15 is 0 Å². The minimum Gasteiger partial charge on any atom is -0.387 e. The van der Waals surface area contributed by atoms with Gasteiger partial charge in [-0.15, -0.1) is 0 Å². The molecule has 0 fully saturated rings. The highest BCUT2D eigenvalue weighted by Gasteiger charge is 2.37. The summed E-state index contributed by atoms with van der Waals surface area (Å²) in [5.41, 5.74) is 6.93. The van der Waals surface area contributed by atoms with Crippen LogP contribution in [0.15, 0.2) is 42.5 Å². The Kier molecular flexibility index (Phi) is 4.07. The standard InChI is InChI=1S/C17H18F2N2/c1-3-17(16(20)21,15-7-5-4-6-11(15)2)12-8-13(18)10-14(19)9-12/h4-10H,3H2,1-2H3,(H3,20,21). The molecule has 0 aliphatic heterocycles. The first kappa shape index (κ1) is 15.2. The molecule has 0 aliphatic carbocycles. The van der Waals surface area contributed by atoms with Crippen LogP contribution in [0, 0.1) is 24.0 Å². The monoisotopic (exact) mass is 288 g/mol. The average molecular weight is 288 g/mol. The summed E-state index contributed by atoms with van der Waals surface area (Å²) in [4.78, 5) is 0. The van der Waals surface area contributed by atoms with E-state index in [2.05, 4.69) is 0 Å². The van der Waals surface area contributed by atoms with Crippen LogP contribution in [0.2, 0.25) is 0 Å². The first-order chi connectivity index (χ1) is 9.91. The van der Waals surface area contributed by atoms with Gasteiger partial charge in [0.1, 0.15) is 17.5 Å². The van der Waals surface area contributed by atoms with Crippen molar-refractivity contribution in [1.29, 1.82) is 5.41 Å². The largest absolute Gasteiger partial charge is 0.387 e. The van der Waals surface area contributed by atoms with Crippen LogP contribution >= 0.6 is 0 Å². The fraction of sp³-hybridized carbons (Fsp3) is 0.235. The van der Waals surface area contributed by atoms with Gasteiger partial charge in [0.25, 0.3) is 0 Å². The molecule has 0 amide bonds. The summed E-state index contributed by atoms with van der Waals surface area (Å²) in [6.45, 7) is 3.76. The Morgan fingerprint density at radius 3 is 2.19 bits per heavy atom. The number of rotatable bonds is 4. The summed E-state index contributed by atoms with van der Waals surface area (Å²) in [7, 11) is 0. The number of nitrogens with one attached hydrogen (secondary N) is 1. The molecule has 3 N–H and O–H groups in total. The molecule has 4 heteroatoms. The van der Waals surface area contributed by atoms with Gasteiger partial charge >= 0.3 is 0 Å². The van der Waals surface area contributed by atoms with E-state index in [4.69, 9.17) is 11.1 Å². The maximum absolute atomic E-state index is 13.6. The third kappa shape index (κ3) is 2.53. The van der Waals surface area contributed by atoms with E-state index in [1.54, 1.807) is 0 Å². The molecule has 0 heterocycles. The van der Waals surface area contributed by atoms with Gasteiger partial charge in [0.15, 0.2) is 0 Å². The lowest BCUT2D eigenvalue weighted by atomic mass is 9.70. The fourth-order valence-corrected chi connectivity index (χ4v) is 2.89. The van der Waals surface area contributed by atoms with Gasteiger partial charge in [-0.3, -0.25) is 5.41 Å². The van der Waals surface area contributed by atoms with Crippen LogP contribution in [-0.2, 0) is 5.41 Å². The van der Waals surface area contributed by atoms with Gasteiger partial charge in [0.05, 0.1) is 5.41 Å². The summed E-state index contributed by atoms with van der Waals surface area (Å²) in [5, 5.41) is 8.05. The molecule has 2 rings (SSSR count). The number of hydrogen-bond donors (Lipinski definition) is 2. The van der Waals surface area contributed by atoms with Gasteiger partial charge in [0.2, 0.25) is 0 Å². The highest BCUT2D eigenvalue weighted by Crippen LogP contribution is 2.38. The second-order valence-corrected chi connectivity index (χ2v) is 5.15. The second kappa shape index (κ2) is 5.64. The van der Waals surface area contributed by atoms with Crippen LogP contribution in [0.4, 0.5) is 8.78 Å². The van der Waals surface area contributed by atoms with Crippen molar-refractivity contribution in [3.8, 4) is 0 Å². The van der Waals surface area contributed by atoms with E-state index in [1.165, 1.54) is 12.1 Å². The Morgan fingerprint density at radius 2 is 1.71 bits per heavy atom. The third-order valence-corrected chi connectivity index (χ3v) is 3.95. The Bertz CT molecular complexity index is 662. The molecular weight excluding hydrogens is 270 g/mol. The molecular formula is C17H18F2N2. The number of hydrogen-bond acceptors (Lipinski definition) is 1. The molecule has 0 radical (unpaired) electrons. The Morgan fingerprint density at radius 1 is 1.14 bits per heavy atom. The maximum Gasteiger partial charge on any atom is 0.126 e. The maximum atomic E-state index is 13.6. The molecule has 110 valence electrons. The topological polar surface area (TPSA) is 49.9 Å². The van der Waals surface area contributed by atoms with E-state index in [1.807, 2.05) is 38.1 Å². The zero-order valence-corrected chi connectivity index (χ0v) is 12.1. The van der Waals surface area contributed by atoms with Crippen molar-refractivity contribution >= 4 is 5.84 Å². The lowest BCUT2D eigenvalue weighted by Gasteiger charge is -2.34. The zero-order valence-electron chi connectivity index (χ0n) is 12.1. The predicted octanol–water partition coefficient (Wildman–Crippen LogP) is 3.91. The molecule has 0 saturated heterocycles. The number of halogens is 2. The van der Waals surface area contributed by atoms with E-state index < -0.39 is 17.0 Å². The molecule has 0 aliphatic rings. The van der Waals surface area contributed by atoms with Gasteiger partial charge in [-0.2, -0.15) is 0 Å². The van der Waals surface area contributed by atoms with Crippen molar-refractivity contribution in [2.75, 3.05) is 0 Å². The van der Waals surface area contributed by atoms with Crippen molar-refractivity contribution in [3.63, 3.8) is 0 Å². The molecule has 0 spiro atoms. The fourth-order valence-electron chi connectivity index (χ4n) is 2.89. The first-order valence-corrected chi connectivity index (χ1v) is 6.79. The molecule has 2 nitrogen and oxygen atoms in total. The molecule has 0 aromatic heterocycles. The van der Waals surface area contributed by atoms with E-state index in [0.717, 1.165) is 17.2 Å². The van der Waals surface area contributed by atoms with Crippen molar-refractivity contribution in [2.24, 2.45) is 5.73 Å². The van der Waals surface area contributed by atoms with Gasteiger partial charge in [-0.05, 0) is 42.2 Å². The second-order valence-electron chi connectivity index (χ2n) is 5.15. The Hall–Kier alpha value is -2.23. The van der Waals surface area contributed by atoms with Crippen molar-refractivity contribution in [2.45, 2.75) is 25.7 Å². The lowest BCUT2D eigenvalue weighted by Crippen LogP contribution is -2.42. The van der Waals surface area contributed by atoms with Gasteiger partial charge in [0, 0.05) is 6.07 Å². The van der Waals surface area contributed by atoms with Gasteiger partial charge in [-0.1, -0.05) is 31.2 Å². The van der Waals surface area contributed by atoms with Crippen LogP contribution in [0.25, 0.3) is 0 Å². The summed E-state index contributed by atoms with van der Waals surface area (Å²) < 4.78 is 27.2. The highest BCUT2D eigenvalue weighted by atomic mass is 19.1. The average Bonchev–Trinajstić information content (AvgIpc) is 2.40. The predicted molar refractivity (Wildman–Crippen MR) is 80.5 cm³/mol. The third-order valence-electron chi connectivity index (χ3n) is 3.95. The van der Waals surface area contributed by atoms with Gasteiger partial charge < -0.3 is 5.73 Å². The number of amidine groups is 1. The van der Waals surface area contributed by atoms with Crippen LogP contribution in [0.1, 0.15) is 30.0 Å². The number of nitrogens with two attached hydrogens (primary N) is 1. The van der Waals surface area contributed by atoms with Crippen LogP contribution < -0.4 is 5.73 Å². The number of benzene rings is 2. The van der Waals surface area contributed by atoms with Crippen molar-refractivity contribution in [1.82, 2.24) is 0 Å². The summed E-state index contributed by atoms with van der Waals surface area (Å²) in [5.74, 6) is -1.46. The number of aryl methyl sites for hydroxylation is 1. The molecule has 21 heavy (non-hydrogen) atoms. The van der Waals surface area contributed by atoms with E-state index in [-0.39, 0.29) is 5.84 Å². The molecule has 0 saturated carbocycles. The smallest absolute Gasteiger partial charge is 0.126 e. The molecule has 1 atom stereocenters. The normalized spacial score (nSPS) is 13.7. The quantitative estimate of drug-likeness (QED) is 0.650. The van der Waals surface area contributed by atoms with Crippen LogP contribution in [0.5, 0.6) is 0 Å². The molecule has 2 aromatic rings. The minimum absolute atomic E-state index is 0.121. The highest BCUT2D eigenvalue weighted by molar-refractivity contribution is 5.93. The zero-order chi connectivity index (χ0) is 15.6. The van der Waals surface area contributed by atoms with Crippen molar-refractivity contribution < 1.29 is 8.78 Å². The minimum atomic E-state index is -1.02. The summed E-state index contributed by atoms with van der Waals surface area (Å²) >= 11 is 0. The van der Waals surface area contributed by atoms with Crippen LogP contribution in [-0.4, -0.2) is 5.84 Å². The Balaban J connectivity index is 2.79. The SMILES string of the molecule is CCC(C(=N)N)(c1cc(F)cc(F)c1)c1ccccc1C. The molecule has 2 aromatic carbocycles. The molecule has 1 unspecified atom stereocenters. The summed E-state index contributed by atoms with van der Waals surface area (Å²) in [6.07, 6.45) is 0.441. The lowest BCUT2D eigenvalue weighted by molar-refractivity contribution is 0.564. The van der Waals surface area contributed by atoms with Crippen molar-refractivity contribution in [3.05, 3.63) is 70.8 Å². The molecule has 0 bridgehead atoms. The van der Waals surface area contributed by atoms with E-state index in [9.17, 15) is 8.78 Å². The first-order valence-electron chi connectivity index (χ1n) is 6.79. The summed E-state index contributed by atoms with van der Waals surface area (Å²) in [6, 6.07) is 10.8. The van der Waals surface area contributed by atoms with Crippen LogP contribution in [0.3, 0.4) is 0 Å². The van der Waals surface area contributed by atoms with E-state index in [0.29, 0.717) is 12.0 Å².